The Morgan fingerprint density at radius 2 is 1.74 bits per heavy atom. The Morgan fingerprint density at radius 3 is 2.42 bits per heavy atom. The number of para-hydroxylation sites is 1. The van der Waals surface area contributed by atoms with Crippen molar-refractivity contribution in [3.63, 3.8) is 0 Å². The highest BCUT2D eigenvalue weighted by atomic mass is 35.5. The van der Waals surface area contributed by atoms with Crippen LogP contribution >= 0.6 is 23.2 Å². The van der Waals surface area contributed by atoms with Gasteiger partial charge in [0.2, 0.25) is 0 Å². The predicted molar refractivity (Wildman–Crippen MR) is 129 cm³/mol. The average molecular weight is 457 g/mol. The van der Waals surface area contributed by atoms with Gasteiger partial charge in [0.05, 0.1) is 10.7 Å². The molecule has 0 saturated heterocycles. The molecule has 0 unspecified atom stereocenters. The van der Waals surface area contributed by atoms with Crippen molar-refractivity contribution >= 4 is 34.8 Å². The van der Waals surface area contributed by atoms with Gasteiger partial charge in [-0.15, -0.1) is 0 Å². The van der Waals surface area contributed by atoms with E-state index in [1.165, 1.54) is 6.07 Å². The largest absolute Gasteiger partial charge is 0.343 e. The first-order chi connectivity index (χ1) is 14.9. The first-order valence-corrected chi connectivity index (χ1v) is 11.2. The summed E-state index contributed by atoms with van der Waals surface area (Å²) >= 11 is 12.2. The van der Waals surface area contributed by atoms with Crippen LogP contribution in [0.2, 0.25) is 10.0 Å². The van der Waals surface area contributed by atoms with Gasteiger partial charge >= 0.3 is 0 Å². The van der Waals surface area contributed by atoms with Gasteiger partial charge in [0, 0.05) is 29.0 Å². The van der Waals surface area contributed by atoms with Crippen molar-refractivity contribution in [3.8, 4) is 0 Å². The second-order valence-corrected chi connectivity index (χ2v) is 8.42. The van der Waals surface area contributed by atoms with Gasteiger partial charge in [-0.2, -0.15) is 0 Å². The Hall–Kier alpha value is -2.56. The molecule has 0 radical (unpaired) electrons. The van der Waals surface area contributed by atoms with Crippen LogP contribution < -0.4 is 10.7 Å². The van der Waals surface area contributed by atoms with E-state index in [0.717, 1.165) is 36.2 Å². The van der Waals surface area contributed by atoms with Crippen molar-refractivity contribution in [2.24, 2.45) is 0 Å². The summed E-state index contributed by atoms with van der Waals surface area (Å²) in [5, 5.41) is 3.91. The summed E-state index contributed by atoms with van der Waals surface area (Å²) in [6.07, 6.45) is 3.61. The van der Waals surface area contributed by atoms with E-state index in [2.05, 4.69) is 16.8 Å². The normalized spacial score (nSPS) is 10.8. The van der Waals surface area contributed by atoms with Crippen molar-refractivity contribution in [2.45, 2.75) is 46.1 Å². The third-order valence-corrected chi connectivity index (χ3v) is 5.83. The third kappa shape index (κ3) is 5.78. The molecule has 0 aliphatic carbocycles. The zero-order valence-corrected chi connectivity index (χ0v) is 19.3. The monoisotopic (exact) mass is 456 g/mol. The number of nitrogens with one attached hydrogen (secondary N) is 1. The maximum Gasteiger partial charge on any atom is 0.261 e. The molecule has 4 nitrogen and oxygen atoms in total. The van der Waals surface area contributed by atoms with Crippen LogP contribution in [0.5, 0.6) is 0 Å². The van der Waals surface area contributed by atoms with Crippen LogP contribution in [0.3, 0.4) is 0 Å². The molecule has 0 aliphatic rings. The summed E-state index contributed by atoms with van der Waals surface area (Å²) in [7, 11) is 0. The minimum atomic E-state index is -0.436. The molecule has 0 atom stereocenters. The Morgan fingerprint density at radius 1 is 1.03 bits per heavy atom. The van der Waals surface area contributed by atoms with Gasteiger partial charge in [-0.3, -0.25) is 9.59 Å². The molecular weight excluding hydrogens is 431 g/mol. The van der Waals surface area contributed by atoms with E-state index >= 15 is 0 Å². The number of aryl methyl sites for hydroxylation is 1. The topological polar surface area (TPSA) is 51.1 Å². The van der Waals surface area contributed by atoms with E-state index in [1.807, 2.05) is 31.2 Å². The summed E-state index contributed by atoms with van der Waals surface area (Å²) in [4.78, 5) is 26.1. The molecule has 3 rings (SSSR count). The minimum absolute atomic E-state index is 0.176. The second kappa shape index (κ2) is 10.7. The van der Waals surface area contributed by atoms with Gasteiger partial charge in [0.25, 0.3) is 5.91 Å². The number of hydrogen-bond donors (Lipinski definition) is 1. The number of amides is 1. The number of unbranched alkanes of at least 4 members (excludes halogenated alkanes) is 2. The number of pyridine rings is 1. The lowest BCUT2D eigenvalue weighted by Gasteiger charge is -2.20. The number of hydrogen-bond acceptors (Lipinski definition) is 2. The van der Waals surface area contributed by atoms with Crippen LogP contribution in [0.15, 0.2) is 59.4 Å². The van der Waals surface area contributed by atoms with Gasteiger partial charge in [-0.05, 0) is 49.6 Å². The highest BCUT2D eigenvalue weighted by Crippen LogP contribution is 2.23. The summed E-state index contributed by atoms with van der Waals surface area (Å²) in [6, 6.07) is 16.1. The Labute approximate surface area is 192 Å². The van der Waals surface area contributed by atoms with Crippen LogP contribution in [0, 0.1) is 6.92 Å². The van der Waals surface area contributed by atoms with Gasteiger partial charge in [0.15, 0.2) is 5.43 Å². The first kappa shape index (κ1) is 23.1. The predicted octanol–water partition coefficient (Wildman–Crippen LogP) is 6.50. The number of aromatic nitrogens is 1. The smallest absolute Gasteiger partial charge is 0.261 e. The molecule has 2 aromatic carbocycles. The lowest BCUT2D eigenvalue weighted by atomic mass is 10.0. The van der Waals surface area contributed by atoms with Crippen LogP contribution in [-0.2, 0) is 13.0 Å². The van der Waals surface area contributed by atoms with Crippen molar-refractivity contribution < 1.29 is 4.79 Å². The number of benzene rings is 2. The van der Waals surface area contributed by atoms with E-state index in [-0.39, 0.29) is 11.0 Å². The lowest BCUT2D eigenvalue weighted by molar-refractivity contribution is 0.102. The zero-order valence-electron chi connectivity index (χ0n) is 17.8. The van der Waals surface area contributed by atoms with Gasteiger partial charge < -0.3 is 9.88 Å². The van der Waals surface area contributed by atoms with Crippen LogP contribution in [0.4, 0.5) is 5.69 Å². The van der Waals surface area contributed by atoms with E-state index in [9.17, 15) is 9.59 Å². The molecule has 1 heterocycles. The summed E-state index contributed by atoms with van der Waals surface area (Å²) in [5.74, 6) is -0.436. The first-order valence-electron chi connectivity index (χ1n) is 10.4. The van der Waals surface area contributed by atoms with Crippen LogP contribution in [0.25, 0.3) is 0 Å². The molecule has 1 aromatic heterocycles. The summed E-state index contributed by atoms with van der Waals surface area (Å²) in [5.41, 5.74) is 3.00. The third-order valence-electron chi connectivity index (χ3n) is 5.25. The minimum Gasteiger partial charge on any atom is -0.343 e. The quantitative estimate of drug-likeness (QED) is 0.393. The van der Waals surface area contributed by atoms with E-state index < -0.39 is 5.91 Å². The average Bonchev–Trinajstić information content (AvgIpc) is 2.73. The number of carbonyl (C=O) groups excluding carboxylic acids is 1. The maximum atomic E-state index is 13.2. The molecule has 0 saturated carbocycles. The number of anilines is 1. The molecule has 1 N–H and O–H groups in total. The molecule has 0 bridgehead atoms. The standard InChI is InChI=1S/C25H26Cl2N2O2/c1-3-4-5-10-22-24(25(31)28-21-9-7-6-8-20(21)27)23(30)15-17(2)29(22)16-18-11-13-19(26)14-12-18/h6-9,11-15H,3-5,10,16H2,1-2H3,(H,28,31). The molecule has 0 spiro atoms. The maximum absolute atomic E-state index is 13.2. The molecule has 3 aromatic rings. The molecule has 6 heteroatoms. The number of nitrogens with zero attached hydrogens (tertiary/aromatic N) is 1. The Kier molecular flexibility index (Phi) is 7.94. The Balaban J connectivity index is 2.05. The van der Waals surface area contributed by atoms with Crippen LogP contribution in [0.1, 0.15) is 53.5 Å². The highest BCUT2D eigenvalue weighted by Gasteiger charge is 2.21. The fourth-order valence-electron chi connectivity index (χ4n) is 3.62. The lowest BCUT2D eigenvalue weighted by Crippen LogP contribution is -2.28. The summed E-state index contributed by atoms with van der Waals surface area (Å²) in [6.45, 7) is 4.58. The SMILES string of the molecule is CCCCCc1c(C(=O)Nc2ccccc2Cl)c(=O)cc(C)n1Cc1ccc(Cl)cc1. The number of rotatable bonds is 8. The van der Waals surface area contributed by atoms with Crippen LogP contribution in [-0.4, -0.2) is 10.5 Å². The number of carbonyl (C=O) groups is 1. The van der Waals surface area contributed by atoms with Crippen molar-refractivity contribution in [1.82, 2.24) is 4.57 Å². The fourth-order valence-corrected chi connectivity index (χ4v) is 3.92. The van der Waals surface area contributed by atoms with Crippen molar-refractivity contribution in [3.05, 3.63) is 97.4 Å². The zero-order chi connectivity index (χ0) is 22.4. The van der Waals surface area contributed by atoms with E-state index in [0.29, 0.717) is 28.7 Å². The van der Waals surface area contributed by atoms with Crippen molar-refractivity contribution in [1.29, 1.82) is 0 Å². The fraction of sp³-hybridized carbons (Fsp3) is 0.280. The molecule has 1 amide bonds. The highest BCUT2D eigenvalue weighted by molar-refractivity contribution is 6.34. The van der Waals surface area contributed by atoms with Gasteiger partial charge in [0.1, 0.15) is 5.56 Å². The van der Waals surface area contributed by atoms with Gasteiger partial charge in [-0.1, -0.05) is 67.2 Å². The van der Waals surface area contributed by atoms with Gasteiger partial charge in [-0.25, -0.2) is 0 Å². The van der Waals surface area contributed by atoms with E-state index in [1.54, 1.807) is 24.3 Å². The number of halogens is 2. The van der Waals surface area contributed by atoms with Crippen molar-refractivity contribution in [2.75, 3.05) is 5.32 Å². The Bertz CT molecular complexity index is 1120. The molecule has 0 aliphatic heterocycles. The molecular formula is C25H26Cl2N2O2. The summed E-state index contributed by atoms with van der Waals surface area (Å²) < 4.78 is 2.06. The molecule has 162 valence electrons. The second-order valence-electron chi connectivity index (χ2n) is 7.58. The molecule has 31 heavy (non-hydrogen) atoms. The van der Waals surface area contributed by atoms with E-state index in [4.69, 9.17) is 23.2 Å². The molecule has 0 fully saturated rings.